The van der Waals surface area contributed by atoms with Crippen molar-refractivity contribution in [1.82, 2.24) is 0 Å². The fraction of sp³-hybridized carbons (Fsp3) is 0.333. The van der Waals surface area contributed by atoms with E-state index in [-0.39, 0.29) is 0 Å². The summed E-state index contributed by atoms with van der Waals surface area (Å²) in [5, 5.41) is 0. The third-order valence-corrected chi connectivity index (χ3v) is 5.28. The Labute approximate surface area is 119 Å². The second-order valence-electron chi connectivity index (χ2n) is 5.73. The third kappa shape index (κ3) is 2.44. The number of hydrogen-bond acceptors (Lipinski definition) is 1. The molecule has 0 heterocycles. The fourth-order valence-electron chi connectivity index (χ4n) is 2.73. The van der Waals surface area contributed by atoms with Crippen LogP contribution in [-0.2, 0) is 0 Å². The van der Waals surface area contributed by atoms with Gasteiger partial charge in [-0.25, -0.2) is 0 Å². The average Bonchev–Trinajstić information content (AvgIpc) is 3.31. The second-order valence-corrected chi connectivity index (χ2v) is 6.81. The van der Waals surface area contributed by atoms with Crippen molar-refractivity contribution in [2.75, 3.05) is 0 Å². The van der Waals surface area contributed by atoms with Crippen LogP contribution in [0, 0.1) is 0 Å². The SMILES string of the molecule is c1ccc(C2CC2)c(Sc2ccccc2C2CC2)c1. The predicted molar refractivity (Wildman–Crippen MR) is 81.0 cm³/mol. The van der Waals surface area contributed by atoms with Gasteiger partial charge >= 0.3 is 0 Å². The molecule has 0 amide bonds. The molecule has 0 radical (unpaired) electrons. The van der Waals surface area contributed by atoms with E-state index < -0.39 is 0 Å². The summed E-state index contributed by atoms with van der Waals surface area (Å²) in [6.07, 6.45) is 5.51. The summed E-state index contributed by atoms with van der Waals surface area (Å²) < 4.78 is 0. The summed E-state index contributed by atoms with van der Waals surface area (Å²) in [4.78, 5) is 2.94. The maximum atomic E-state index is 2.32. The number of rotatable bonds is 4. The molecule has 2 aromatic carbocycles. The lowest BCUT2D eigenvalue weighted by atomic mass is 10.1. The first-order chi connectivity index (χ1) is 9.42. The summed E-state index contributed by atoms with van der Waals surface area (Å²) in [6, 6.07) is 17.9. The molecule has 0 unspecified atom stereocenters. The zero-order valence-corrected chi connectivity index (χ0v) is 11.8. The van der Waals surface area contributed by atoms with Crippen molar-refractivity contribution in [2.45, 2.75) is 47.3 Å². The Hall–Kier alpha value is -1.21. The molecule has 0 bridgehead atoms. The van der Waals surface area contributed by atoms with Crippen LogP contribution in [0.5, 0.6) is 0 Å². The van der Waals surface area contributed by atoms with Gasteiger partial charge in [0.15, 0.2) is 0 Å². The van der Waals surface area contributed by atoms with Crippen LogP contribution in [-0.4, -0.2) is 0 Å². The smallest absolute Gasteiger partial charge is 0.0157 e. The average molecular weight is 266 g/mol. The molecule has 2 fully saturated rings. The van der Waals surface area contributed by atoms with Crippen molar-refractivity contribution < 1.29 is 0 Å². The van der Waals surface area contributed by atoms with E-state index >= 15 is 0 Å². The maximum Gasteiger partial charge on any atom is 0.0157 e. The van der Waals surface area contributed by atoms with Crippen molar-refractivity contribution in [3.63, 3.8) is 0 Å². The van der Waals surface area contributed by atoms with Gasteiger partial charge < -0.3 is 0 Å². The first kappa shape index (κ1) is 11.6. The van der Waals surface area contributed by atoms with Crippen LogP contribution < -0.4 is 0 Å². The molecular weight excluding hydrogens is 248 g/mol. The molecule has 19 heavy (non-hydrogen) atoms. The van der Waals surface area contributed by atoms with Crippen molar-refractivity contribution in [2.24, 2.45) is 0 Å². The molecule has 0 nitrogen and oxygen atoms in total. The van der Waals surface area contributed by atoms with Crippen LogP contribution in [0.4, 0.5) is 0 Å². The Balaban J connectivity index is 1.68. The molecule has 0 aromatic heterocycles. The van der Waals surface area contributed by atoms with E-state index in [1.165, 1.54) is 35.5 Å². The summed E-state index contributed by atoms with van der Waals surface area (Å²) in [6.45, 7) is 0. The Morgan fingerprint density at radius 1 is 0.632 bits per heavy atom. The molecule has 2 aliphatic rings. The molecule has 0 atom stereocenters. The third-order valence-electron chi connectivity index (χ3n) is 4.09. The predicted octanol–water partition coefficient (Wildman–Crippen LogP) is 5.59. The highest BCUT2D eigenvalue weighted by molar-refractivity contribution is 7.99. The molecule has 0 saturated heterocycles. The zero-order chi connectivity index (χ0) is 12.7. The van der Waals surface area contributed by atoms with E-state index in [1.54, 1.807) is 11.1 Å². The van der Waals surface area contributed by atoms with E-state index in [0.29, 0.717) is 0 Å². The van der Waals surface area contributed by atoms with Gasteiger partial charge in [-0.2, -0.15) is 0 Å². The summed E-state index contributed by atoms with van der Waals surface area (Å²) in [5.41, 5.74) is 3.14. The van der Waals surface area contributed by atoms with Crippen molar-refractivity contribution in [3.05, 3.63) is 59.7 Å². The Morgan fingerprint density at radius 2 is 1.05 bits per heavy atom. The first-order valence-corrected chi connectivity index (χ1v) is 8.09. The highest BCUT2D eigenvalue weighted by Gasteiger charge is 2.28. The fourth-order valence-corrected chi connectivity index (χ4v) is 3.96. The quantitative estimate of drug-likeness (QED) is 0.695. The number of benzene rings is 2. The largest absolute Gasteiger partial charge is 0.0895 e. The highest BCUT2D eigenvalue weighted by atomic mass is 32.2. The zero-order valence-electron chi connectivity index (χ0n) is 11.0. The molecule has 0 N–H and O–H groups in total. The van der Waals surface area contributed by atoms with Crippen LogP contribution in [0.2, 0.25) is 0 Å². The lowest BCUT2D eigenvalue weighted by Gasteiger charge is -2.11. The van der Waals surface area contributed by atoms with Gasteiger partial charge in [-0.15, -0.1) is 0 Å². The van der Waals surface area contributed by atoms with Gasteiger partial charge in [0, 0.05) is 9.79 Å². The molecule has 4 rings (SSSR count). The Morgan fingerprint density at radius 3 is 1.47 bits per heavy atom. The van der Waals surface area contributed by atoms with Gasteiger partial charge in [-0.3, -0.25) is 0 Å². The molecule has 2 aliphatic carbocycles. The van der Waals surface area contributed by atoms with Gasteiger partial charge in [0.1, 0.15) is 0 Å². The lowest BCUT2D eigenvalue weighted by Crippen LogP contribution is -1.87. The van der Waals surface area contributed by atoms with E-state index in [4.69, 9.17) is 0 Å². The van der Waals surface area contributed by atoms with Crippen molar-refractivity contribution in [1.29, 1.82) is 0 Å². The maximum absolute atomic E-state index is 2.32. The second kappa shape index (κ2) is 4.72. The summed E-state index contributed by atoms with van der Waals surface area (Å²) >= 11 is 1.98. The molecule has 1 heteroatoms. The molecule has 0 spiro atoms. The highest BCUT2D eigenvalue weighted by Crippen LogP contribution is 2.49. The van der Waals surface area contributed by atoms with Crippen LogP contribution in [0.15, 0.2) is 58.3 Å². The van der Waals surface area contributed by atoms with E-state index in [2.05, 4.69) is 48.5 Å². The van der Waals surface area contributed by atoms with Crippen LogP contribution >= 0.6 is 11.8 Å². The number of hydrogen-bond donors (Lipinski definition) is 0. The van der Waals surface area contributed by atoms with E-state index in [1.807, 2.05) is 11.8 Å². The van der Waals surface area contributed by atoms with Gasteiger partial charge in [0.2, 0.25) is 0 Å². The van der Waals surface area contributed by atoms with Crippen LogP contribution in [0.1, 0.15) is 48.6 Å². The Kier molecular flexibility index (Phi) is 2.88. The van der Waals surface area contributed by atoms with Crippen LogP contribution in [0.3, 0.4) is 0 Å². The summed E-state index contributed by atoms with van der Waals surface area (Å²) in [7, 11) is 0. The molecule has 96 valence electrons. The molecule has 2 aromatic rings. The Bertz CT molecular complexity index is 541. The van der Waals surface area contributed by atoms with Gasteiger partial charge in [0.25, 0.3) is 0 Å². The first-order valence-electron chi connectivity index (χ1n) is 7.27. The standard InChI is InChI=1S/C18H18S/c1-3-7-17(15(5-1)13-9-10-13)19-18-8-4-2-6-16(18)14-11-12-14/h1-8,13-14H,9-12H2. The minimum absolute atomic E-state index is 0.830. The lowest BCUT2D eigenvalue weighted by molar-refractivity contribution is 1.05. The topological polar surface area (TPSA) is 0 Å². The van der Waals surface area contributed by atoms with E-state index in [9.17, 15) is 0 Å². The molecular formula is C18H18S. The van der Waals surface area contributed by atoms with E-state index in [0.717, 1.165) is 11.8 Å². The van der Waals surface area contributed by atoms with Crippen molar-refractivity contribution >= 4 is 11.8 Å². The monoisotopic (exact) mass is 266 g/mol. The minimum Gasteiger partial charge on any atom is -0.0895 e. The normalized spacial score (nSPS) is 18.5. The molecule has 0 aliphatic heterocycles. The van der Waals surface area contributed by atoms with Gasteiger partial charge in [-0.05, 0) is 60.8 Å². The van der Waals surface area contributed by atoms with Crippen molar-refractivity contribution in [3.8, 4) is 0 Å². The van der Waals surface area contributed by atoms with Gasteiger partial charge in [-0.1, -0.05) is 48.2 Å². The summed E-state index contributed by atoms with van der Waals surface area (Å²) in [5.74, 6) is 1.66. The molecule has 2 saturated carbocycles. The van der Waals surface area contributed by atoms with Gasteiger partial charge in [0.05, 0.1) is 0 Å². The van der Waals surface area contributed by atoms with Crippen LogP contribution in [0.25, 0.3) is 0 Å². The minimum atomic E-state index is 0.830.